The highest BCUT2D eigenvalue weighted by molar-refractivity contribution is 8.00. The average Bonchev–Trinajstić information content (AvgIpc) is 2.39. The maximum absolute atomic E-state index is 11.8. The largest absolute Gasteiger partial charge is 0.394 e. The number of nitrogens with one attached hydrogen (secondary N) is 1. The molecule has 0 saturated heterocycles. The van der Waals surface area contributed by atoms with Crippen molar-refractivity contribution < 1.29 is 15.0 Å². The summed E-state index contributed by atoms with van der Waals surface area (Å²) in [5.41, 5.74) is 1.33. The number of hydrogen-bond donors (Lipinski definition) is 3. The standard InChI is InChI=1S/C14H21NO3S/c1-10-4-5-11(2)12(6-10)19-7-13(18)15-14(3,8-16)9-17/h4-6,16-17H,7-9H2,1-3H3,(H,15,18). The number of aliphatic hydroxyl groups excluding tert-OH is 2. The molecule has 0 heterocycles. The van der Waals surface area contributed by atoms with Crippen molar-refractivity contribution in [3.05, 3.63) is 29.3 Å². The lowest BCUT2D eigenvalue weighted by Crippen LogP contribution is -2.52. The van der Waals surface area contributed by atoms with Crippen molar-refractivity contribution in [2.75, 3.05) is 19.0 Å². The number of carbonyl (C=O) groups is 1. The average molecular weight is 283 g/mol. The molecule has 0 unspecified atom stereocenters. The molecule has 0 saturated carbocycles. The van der Waals surface area contributed by atoms with E-state index >= 15 is 0 Å². The zero-order valence-electron chi connectivity index (χ0n) is 11.6. The van der Waals surface area contributed by atoms with Gasteiger partial charge < -0.3 is 15.5 Å². The second-order valence-electron chi connectivity index (χ2n) is 4.98. The summed E-state index contributed by atoms with van der Waals surface area (Å²) in [4.78, 5) is 12.9. The van der Waals surface area contributed by atoms with Gasteiger partial charge in [-0.25, -0.2) is 0 Å². The van der Waals surface area contributed by atoms with Gasteiger partial charge in [0.15, 0.2) is 0 Å². The van der Waals surface area contributed by atoms with Gasteiger partial charge >= 0.3 is 0 Å². The van der Waals surface area contributed by atoms with Crippen molar-refractivity contribution in [2.45, 2.75) is 31.2 Å². The van der Waals surface area contributed by atoms with Crippen molar-refractivity contribution >= 4 is 17.7 Å². The van der Waals surface area contributed by atoms with Crippen LogP contribution in [0.1, 0.15) is 18.1 Å². The first-order valence-corrected chi connectivity index (χ1v) is 7.11. The van der Waals surface area contributed by atoms with Gasteiger partial charge in [-0.2, -0.15) is 0 Å². The van der Waals surface area contributed by atoms with Gasteiger partial charge in [-0.15, -0.1) is 11.8 Å². The van der Waals surface area contributed by atoms with Gasteiger partial charge in [-0.1, -0.05) is 17.7 Å². The number of carbonyl (C=O) groups excluding carboxylic acids is 1. The van der Waals surface area contributed by atoms with E-state index in [1.807, 2.05) is 32.0 Å². The lowest BCUT2D eigenvalue weighted by atomic mass is 10.1. The van der Waals surface area contributed by atoms with Crippen LogP contribution in [0.25, 0.3) is 0 Å². The summed E-state index contributed by atoms with van der Waals surface area (Å²) in [6, 6.07) is 6.11. The summed E-state index contributed by atoms with van der Waals surface area (Å²) in [6.45, 7) is 5.05. The van der Waals surface area contributed by atoms with Gasteiger partial charge in [-0.3, -0.25) is 4.79 Å². The second-order valence-corrected chi connectivity index (χ2v) is 6.00. The van der Waals surface area contributed by atoms with E-state index in [-0.39, 0.29) is 24.9 Å². The Morgan fingerprint density at radius 2 is 1.95 bits per heavy atom. The van der Waals surface area contributed by atoms with E-state index in [1.165, 1.54) is 11.8 Å². The number of aryl methyl sites for hydroxylation is 2. The fourth-order valence-electron chi connectivity index (χ4n) is 1.51. The van der Waals surface area contributed by atoms with Gasteiger partial charge in [-0.05, 0) is 32.4 Å². The highest BCUT2D eigenvalue weighted by Crippen LogP contribution is 2.23. The molecule has 0 spiro atoms. The summed E-state index contributed by atoms with van der Waals surface area (Å²) in [7, 11) is 0. The fraction of sp³-hybridized carbons (Fsp3) is 0.500. The van der Waals surface area contributed by atoms with Gasteiger partial charge in [0.05, 0.1) is 24.5 Å². The number of benzene rings is 1. The molecule has 0 aliphatic rings. The van der Waals surface area contributed by atoms with Crippen molar-refractivity contribution in [3.8, 4) is 0 Å². The van der Waals surface area contributed by atoms with Crippen LogP contribution in [0, 0.1) is 13.8 Å². The van der Waals surface area contributed by atoms with Crippen LogP contribution < -0.4 is 5.32 Å². The van der Waals surface area contributed by atoms with E-state index in [4.69, 9.17) is 10.2 Å². The molecule has 0 bridgehead atoms. The first-order chi connectivity index (χ1) is 8.90. The zero-order chi connectivity index (χ0) is 14.5. The topological polar surface area (TPSA) is 69.6 Å². The van der Waals surface area contributed by atoms with Crippen LogP contribution in [0.5, 0.6) is 0 Å². The predicted molar refractivity (Wildman–Crippen MR) is 77.4 cm³/mol. The molecule has 0 aromatic heterocycles. The highest BCUT2D eigenvalue weighted by atomic mass is 32.2. The Morgan fingerprint density at radius 3 is 2.53 bits per heavy atom. The molecule has 3 N–H and O–H groups in total. The van der Waals surface area contributed by atoms with Crippen molar-refractivity contribution in [3.63, 3.8) is 0 Å². The molecule has 19 heavy (non-hydrogen) atoms. The Morgan fingerprint density at radius 1 is 1.32 bits per heavy atom. The SMILES string of the molecule is Cc1ccc(C)c(SCC(=O)NC(C)(CO)CO)c1. The molecule has 1 amide bonds. The first-order valence-electron chi connectivity index (χ1n) is 6.13. The molecule has 0 fully saturated rings. The van der Waals surface area contributed by atoms with Crippen LogP contribution in [-0.2, 0) is 4.79 Å². The van der Waals surface area contributed by atoms with Gasteiger partial charge in [0.1, 0.15) is 0 Å². The third-order valence-electron chi connectivity index (χ3n) is 2.84. The number of rotatable bonds is 6. The van der Waals surface area contributed by atoms with Gasteiger partial charge in [0.2, 0.25) is 5.91 Å². The van der Waals surface area contributed by atoms with Crippen LogP contribution in [0.4, 0.5) is 0 Å². The van der Waals surface area contributed by atoms with Crippen molar-refractivity contribution in [1.82, 2.24) is 5.32 Å². The van der Waals surface area contributed by atoms with Gasteiger partial charge in [0.25, 0.3) is 0 Å². The molecule has 0 radical (unpaired) electrons. The first kappa shape index (κ1) is 16.0. The number of hydrogen-bond acceptors (Lipinski definition) is 4. The molecule has 0 aliphatic heterocycles. The van der Waals surface area contributed by atoms with E-state index in [0.29, 0.717) is 0 Å². The Bertz CT molecular complexity index is 444. The smallest absolute Gasteiger partial charge is 0.230 e. The maximum Gasteiger partial charge on any atom is 0.230 e. The second kappa shape index (κ2) is 6.93. The third kappa shape index (κ3) is 4.86. The number of aliphatic hydroxyl groups is 2. The molecular formula is C14H21NO3S. The number of amides is 1. The molecule has 5 heteroatoms. The van der Waals surface area contributed by atoms with E-state index in [1.54, 1.807) is 6.92 Å². The monoisotopic (exact) mass is 283 g/mol. The summed E-state index contributed by atoms with van der Waals surface area (Å²) in [5, 5.41) is 20.9. The zero-order valence-corrected chi connectivity index (χ0v) is 12.4. The van der Waals surface area contributed by atoms with E-state index in [0.717, 1.165) is 16.0 Å². The Labute approximate surface area is 118 Å². The maximum atomic E-state index is 11.8. The quantitative estimate of drug-likeness (QED) is 0.687. The molecule has 1 rings (SSSR count). The van der Waals surface area contributed by atoms with Crippen LogP contribution in [0.2, 0.25) is 0 Å². The molecule has 1 aromatic carbocycles. The van der Waals surface area contributed by atoms with Crippen LogP contribution in [-0.4, -0.2) is 40.6 Å². The minimum Gasteiger partial charge on any atom is -0.394 e. The summed E-state index contributed by atoms with van der Waals surface area (Å²) < 4.78 is 0. The molecule has 4 nitrogen and oxygen atoms in total. The Hall–Kier alpha value is -1.04. The normalized spacial score (nSPS) is 11.4. The van der Waals surface area contributed by atoms with E-state index in [2.05, 4.69) is 5.32 Å². The summed E-state index contributed by atoms with van der Waals surface area (Å²) in [6.07, 6.45) is 0. The molecule has 106 valence electrons. The van der Waals surface area contributed by atoms with Crippen molar-refractivity contribution in [2.24, 2.45) is 0 Å². The third-order valence-corrected chi connectivity index (χ3v) is 4.00. The Balaban J connectivity index is 2.57. The minimum absolute atomic E-state index is 0.198. The van der Waals surface area contributed by atoms with Crippen LogP contribution in [0.15, 0.2) is 23.1 Å². The molecule has 1 aromatic rings. The van der Waals surface area contributed by atoms with Crippen molar-refractivity contribution in [1.29, 1.82) is 0 Å². The molecular weight excluding hydrogens is 262 g/mol. The fourth-order valence-corrected chi connectivity index (χ4v) is 2.43. The molecule has 0 aliphatic carbocycles. The van der Waals surface area contributed by atoms with Crippen LogP contribution in [0.3, 0.4) is 0 Å². The Kier molecular flexibility index (Phi) is 5.85. The lowest BCUT2D eigenvalue weighted by Gasteiger charge is -2.26. The lowest BCUT2D eigenvalue weighted by molar-refractivity contribution is -0.121. The highest BCUT2D eigenvalue weighted by Gasteiger charge is 2.24. The molecule has 0 atom stereocenters. The summed E-state index contributed by atoms with van der Waals surface area (Å²) >= 11 is 1.46. The van der Waals surface area contributed by atoms with E-state index in [9.17, 15) is 4.79 Å². The predicted octanol–water partition coefficient (Wildman–Crippen LogP) is 1.26. The van der Waals surface area contributed by atoms with Crippen LogP contribution >= 0.6 is 11.8 Å². The minimum atomic E-state index is -0.959. The van der Waals surface area contributed by atoms with Gasteiger partial charge in [0, 0.05) is 4.90 Å². The summed E-state index contributed by atoms with van der Waals surface area (Å²) in [5.74, 6) is 0.0661. The number of thioether (sulfide) groups is 1. The van der Waals surface area contributed by atoms with E-state index < -0.39 is 5.54 Å².